The van der Waals surface area contributed by atoms with Crippen molar-refractivity contribution < 1.29 is 14.6 Å². The molecule has 15 heavy (non-hydrogen) atoms. The van der Waals surface area contributed by atoms with Crippen molar-refractivity contribution in [1.82, 2.24) is 9.97 Å². The first-order valence-corrected chi connectivity index (χ1v) is 4.92. The Bertz CT molecular complexity index is 294. The highest BCUT2D eigenvalue weighted by Gasteiger charge is 2.05. The van der Waals surface area contributed by atoms with Crippen molar-refractivity contribution in [3.8, 4) is 5.88 Å². The number of rotatable bonds is 6. The number of aliphatic hydroxyl groups is 1. The van der Waals surface area contributed by atoms with Gasteiger partial charge in [0.25, 0.3) is 0 Å². The van der Waals surface area contributed by atoms with E-state index in [0.29, 0.717) is 24.8 Å². The quantitative estimate of drug-likeness (QED) is 0.754. The summed E-state index contributed by atoms with van der Waals surface area (Å²) in [6.45, 7) is 4.86. The Morgan fingerprint density at radius 2 is 2.27 bits per heavy atom. The number of aliphatic hydroxyl groups excluding tert-OH is 1. The van der Waals surface area contributed by atoms with Crippen molar-refractivity contribution in [2.75, 3.05) is 13.2 Å². The van der Waals surface area contributed by atoms with Crippen LogP contribution in [0, 0.1) is 0 Å². The van der Waals surface area contributed by atoms with Gasteiger partial charge in [-0.15, -0.1) is 0 Å². The van der Waals surface area contributed by atoms with Gasteiger partial charge in [-0.05, 0) is 13.8 Å². The Morgan fingerprint density at radius 3 is 2.93 bits per heavy atom. The monoisotopic (exact) mass is 212 g/mol. The first kappa shape index (κ1) is 11.9. The van der Waals surface area contributed by atoms with E-state index in [1.54, 1.807) is 0 Å². The van der Waals surface area contributed by atoms with Crippen LogP contribution in [-0.4, -0.2) is 34.4 Å². The number of ether oxygens (including phenoxy) is 2. The molecule has 1 rings (SSSR count). The molecule has 0 radical (unpaired) electrons. The Balaban J connectivity index is 2.48. The van der Waals surface area contributed by atoms with Crippen molar-refractivity contribution in [1.29, 1.82) is 0 Å². The van der Waals surface area contributed by atoms with Crippen LogP contribution in [0.3, 0.4) is 0 Å². The third kappa shape index (κ3) is 4.22. The molecule has 1 unspecified atom stereocenters. The zero-order valence-corrected chi connectivity index (χ0v) is 9.01. The molecule has 0 aliphatic heterocycles. The van der Waals surface area contributed by atoms with Crippen LogP contribution in [0.4, 0.5) is 0 Å². The van der Waals surface area contributed by atoms with E-state index in [-0.39, 0.29) is 12.7 Å². The molecule has 5 heteroatoms. The molecule has 1 heterocycles. The molecule has 0 saturated carbocycles. The summed E-state index contributed by atoms with van der Waals surface area (Å²) in [6.07, 6.45) is 2.94. The van der Waals surface area contributed by atoms with Crippen LogP contribution in [0.25, 0.3) is 0 Å². The van der Waals surface area contributed by atoms with E-state index in [2.05, 4.69) is 9.97 Å². The molecule has 1 aromatic rings. The summed E-state index contributed by atoms with van der Waals surface area (Å²) in [6, 6.07) is 0. The fourth-order valence-corrected chi connectivity index (χ4v) is 1.04. The SMILES string of the molecule is CCOCC(C)Oc1cncc(CO)n1. The van der Waals surface area contributed by atoms with E-state index in [9.17, 15) is 0 Å². The number of hydrogen-bond acceptors (Lipinski definition) is 5. The predicted octanol–water partition coefficient (Wildman–Crippen LogP) is 0.773. The highest BCUT2D eigenvalue weighted by atomic mass is 16.5. The van der Waals surface area contributed by atoms with E-state index in [0.717, 1.165) is 0 Å². The maximum atomic E-state index is 8.85. The fourth-order valence-electron chi connectivity index (χ4n) is 1.04. The maximum Gasteiger partial charge on any atom is 0.232 e. The Labute approximate surface area is 89.1 Å². The van der Waals surface area contributed by atoms with E-state index in [1.165, 1.54) is 12.4 Å². The van der Waals surface area contributed by atoms with Gasteiger partial charge in [-0.3, -0.25) is 4.98 Å². The average Bonchev–Trinajstić information content (AvgIpc) is 2.26. The van der Waals surface area contributed by atoms with Crippen molar-refractivity contribution in [3.63, 3.8) is 0 Å². The maximum absolute atomic E-state index is 8.85. The van der Waals surface area contributed by atoms with Gasteiger partial charge in [-0.1, -0.05) is 0 Å². The van der Waals surface area contributed by atoms with Crippen LogP contribution in [0.5, 0.6) is 5.88 Å². The molecule has 5 nitrogen and oxygen atoms in total. The first-order chi connectivity index (χ1) is 7.26. The molecular weight excluding hydrogens is 196 g/mol. The second kappa shape index (κ2) is 6.31. The lowest BCUT2D eigenvalue weighted by molar-refractivity contribution is 0.0628. The Morgan fingerprint density at radius 1 is 1.47 bits per heavy atom. The van der Waals surface area contributed by atoms with E-state index in [4.69, 9.17) is 14.6 Å². The molecule has 0 aliphatic rings. The standard InChI is InChI=1S/C10H16N2O3/c1-3-14-7-8(2)15-10-5-11-4-9(6-13)12-10/h4-5,8,13H,3,6-7H2,1-2H3. The minimum absolute atomic E-state index is 0.0757. The molecule has 0 saturated heterocycles. The van der Waals surface area contributed by atoms with E-state index >= 15 is 0 Å². The molecule has 1 aromatic heterocycles. The molecule has 0 spiro atoms. The number of nitrogens with zero attached hydrogens (tertiary/aromatic N) is 2. The van der Waals surface area contributed by atoms with Crippen LogP contribution in [0.2, 0.25) is 0 Å². The highest BCUT2D eigenvalue weighted by Crippen LogP contribution is 2.07. The molecule has 1 atom stereocenters. The Hall–Kier alpha value is -1.20. The van der Waals surface area contributed by atoms with Crippen LogP contribution in [0.15, 0.2) is 12.4 Å². The zero-order valence-electron chi connectivity index (χ0n) is 9.01. The Kier molecular flexibility index (Phi) is 5.00. The van der Waals surface area contributed by atoms with Crippen molar-refractivity contribution in [2.24, 2.45) is 0 Å². The lowest BCUT2D eigenvalue weighted by atomic mass is 10.4. The van der Waals surface area contributed by atoms with E-state index in [1.807, 2.05) is 13.8 Å². The predicted molar refractivity (Wildman–Crippen MR) is 54.5 cm³/mol. The summed E-state index contributed by atoms with van der Waals surface area (Å²) < 4.78 is 10.7. The average molecular weight is 212 g/mol. The number of aromatic nitrogens is 2. The lowest BCUT2D eigenvalue weighted by Crippen LogP contribution is -2.19. The van der Waals surface area contributed by atoms with Crippen molar-refractivity contribution in [2.45, 2.75) is 26.6 Å². The number of hydrogen-bond donors (Lipinski definition) is 1. The molecule has 0 bridgehead atoms. The topological polar surface area (TPSA) is 64.5 Å². The van der Waals surface area contributed by atoms with Gasteiger partial charge < -0.3 is 14.6 Å². The van der Waals surface area contributed by atoms with Crippen LogP contribution >= 0.6 is 0 Å². The van der Waals surface area contributed by atoms with Crippen molar-refractivity contribution >= 4 is 0 Å². The summed E-state index contributed by atoms with van der Waals surface area (Å²) in [7, 11) is 0. The smallest absolute Gasteiger partial charge is 0.232 e. The normalized spacial score (nSPS) is 12.5. The molecule has 1 N–H and O–H groups in total. The van der Waals surface area contributed by atoms with Gasteiger partial charge in [0, 0.05) is 6.61 Å². The largest absolute Gasteiger partial charge is 0.471 e. The third-order valence-electron chi connectivity index (χ3n) is 1.70. The lowest BCUT2D eigenvalue weighted by Gasteiger charge is -2.13. The molecule has 0 aromatic carbocycles. The highest BCUT2D eigenvalue weighted by molar-refractivity contribution is 5.07. The van der Waals surface area contributed by atoms with Gasteiger partial charge in [0.05, 0.1) is 31.3 Å². The van der Waals surface area contributed by atoms with Crippen LogP contribution in [-0.2, 0) is 11.3 Å². The summed E-state index contributed by atoms with van der Waals surface area (Å²) in [5.74, 6) is 0.411. The molecule has 0 fully saturated rings. The fraction of sp³-hybridized carbons (Fsp3) is 0.600. The second-order valence-electron chi connectivity index (χ2n) is 3.09. The van der Waals surface area contributed by atoms with Gasteiger partial charge in [0.2, 0.25) is 5.88 Å². The van der Waals surface area contributed by atoms with Crippen molar-refractivity contribution in [3.05, 3.63) is 18.1 Å². The zero-order chi connectivity index (χ0) is 11.1. The van der Waals surface area contributed by atoms with E-state index < -0.39 is 0 Å². The summed E-state index contributed by atoms with van der Waals surface area (Å²) >= 11 is 0. The van der Waals surface area contributed by atoms with Gasteiger partial charge in [0.15, 0.2) is 0 Å². The minimum Gasteiger partial charge on any atom is -0.471 e. The summed E-state index contributed by atoms with van der Waals surface area (Å²) in [5.41, 5.74) is 0.496. The first-order valence-electron chi connectivity index (χ1n) is 4.92. The van der Waals surface area contributed by atoms with Gasteiger partial charge in [-0.2, -0.15) is 0 Å². The van der Waals surface area contributed by atoms with Gasteiger partial charge in [-0.25, -0.2) is 4.98 Å². The summed E-state index contributed by atoms with van der Waals surface area (Å²) in [4.78, 5) is 7.95. The van der Waals surface area contributed by atoms with Gasteiger partial charge >= 0.3 is 0 Å². The summed E-state index contributed by atoms with van der Waals surface area (Å²) in [5, 5.41) is 8.85. The molecule has 84 valence electrons. The third-order valence-corrected chi connectivity index (χ3v) is 1.70. The molecule has 0 amide bonds. The minimum atomic E-state index is -0.135. The van der Waals surface area contributed by atoms with Crippen LogP contribution in [0.1, 0.15) is 19.5 Å². The molecular formula is C10H16N2O3. The van der Waals surface area contributed by atoms with Gasteiger partial charge in [0.1, 0.15) is 6.10 Å². The second-order valence-corrected chi connectivity index (χ2v) is 3.09. The molecule has 0 aliphatic carbocycles. The van der Waals surface area contributed by atoms with Crippen LogP contribution < -0.4 is 4.74 Å².